The van der Waals surface area contributed by atoms with Crippen LogP contribution in [0.1, 0.15) is 25.5 Å². The average Bonchev–Trinajstić information content (AvgIpc) is 2.18. The zero-order chi connectivity index (χ0) is 11.4. The fraction of sp³-hybridized carbons (Fsp3) is 0.500. The summed E-state index contributed by atoms with van der Waals surface area (Å²) in [5.74, 6) is 0. The molecule has 0 spiro atoms. The number of nitrogens with zero attached hydrogens (tertiary/aromatic N) is 1. The minimum Gasteiger partial charge on any atom is -0.329 e. The van der Waals surface area contributed by atoms with Gasteiger partial charge in [-0.2, -0.15) is 0 Å². The zero-order valence-electron chi connectivity index (χ0n) is 9.57. The van der Waals surface area contributed by atoms with Crippen LogP contribution in [0.25, 0.3) is 0 Å². The summed E-state index contributed by atoms with van der Waals surface area (Å²) in [6.45, 7) is 4.93. The maximum atomic E-state index is 5.97. The van der Waals surface area contributed by atoms with E-state index in [2.05, 4.69) is 31.9 Å². The van der Waals surface area contributed by atoms with E-state index in [1.165, 1.54) is 5.56 Å². The molecule has 1 rings (SSSR count). The summed E-state index contributed by atoms with van der Waals surface area (Å²) in [5, 5.41) is 0.767. The highest BCUT2D eigenvalue weighted by atomic mass is 35.5. The van der Waals surface area contributed by atoms with Gasteiger partial charge in [-0.3, -0.25) is 4.90 Å². The standard InChI is InChI=1S/C12H19ClN2/c1-9(2)15(3)12(8-14)10-5-4-6-11(13)7-10/h4-7,9,12H,8,14H2,1-3H3. The van der Waals surface area contributed by atoms with E-state index in [0.717, 1.165) is 5.02 Å². The van der Waals surface area contributed by atoms with Gasteiger partial charge in [-0.05, 0) is 38.6 Å². The zero-order valence-corrected chi connectivity index (χ0v) is 10.3. The highest BCUT2D eigenvalue weighted by Gasteiger charge is 2.17. The molecule has 0 radical (unpaired) electrons. The Balaban J connectivity index is 2.92. The van der Waals surface area contributed by atoms with Crippen LogP contribution in [0.3, 0.4) is 0 Å². The van der Waals surface area contributed by atoms with Crippen molar-refractivity contribution < 1.29 is 0 Å². The maximum absolute atomic E-state index is 5.97. The summed E-state index contributed by atoms with van der Waals surface area (Å²) in [6.07, 6.45) is 0. The summed E-state index contributed by atoms with van der Waals surface area (Å²) >= 11 is 5.97. The monoisotopic (exact) mass is 226 g/mol. The maximum Gasteiger partial charge on any atom is 0.0470 e. The average molecular weight is 227 g/mol. The van der Waals surface area contributed by atoms with Crippen LogP contribution in [0.5, 0.6) is 0 Å². The predicted molar refractivity (Wildman–Crippen MR) is 66.1 cm³/mol. The normalized spacial score (nSPS) is 13.5. The Morgan fingerprint density at radius 1 is 1.40 bits per heavy atom. The molecule has 1 aromatic carbocycles. The number of halogens is 1. The second-order valence-corrected chi connectivity index (χ2v) is 4.50. The molecule has 0 aromatic heterocycles. The van der Waals surface area contributed by atoms with Crippen molar-refractivity contribution in [1.82, 2.24) is 4.90 Å². The minimum atomic E-state index is 0.240. The third-order valence-electron chi connectivity index (χ3n) is 2.76. The van der Waals surface area contributed by atoms with E-state index in [1.54, 1.807) is 0 Å². The number of benzene rings is 1. The van der Waals surface area contributed by atoms with Crippen molar-refractivity contribution in [1.29, 1.82) is 0 Å². The van der Waals surface area contributed by atoms with Gasteiger partial charge in [0.1, 0.15) is 0 Å². The van der Waals surface area contributed by atoms with Crippen molar-refractivity contribution in [2.24, 2.45) is 5.73 Å². The van der Waals surface area contributed by atoms with Crippen LogP contribution in [0.4, 0.5) is 0 Å². The molecule has 1 atom stereocenters. The van der Waals surface area contributed by atoms with Crippen molar-refractivity contribution >= 4 is 11.6 Å². The van der Waals surface area contributed by atoms with E-state index in [1.807, 2.05) is 18.2 Å². The lowest BCUT2D eigenvalue weighted by Gasteiger charge is -2.30. The Kier molecular flexibility index (Phi) is 4.58. The van der Waals surface area contributed by atoms with Gasteiger partial charge in [-0.15, -0.1) is 0 Å². The highest BCUT2D eigenvalue weighted by Crippen LogP contribution is 2.22. The first-order chi connectivity index (χ1) is 7.06. The third kappa shape index (κ3) is 3.20. The van der Waals surface area contributed by atoms with Gasteiger partial charge in [0.15, 0.2) is 0 Å². The molecule has 0 aliphatic rings. The van der Waals surface area contributed by atoms with Gasteiger partial charge < -0.3 is 5.73 Å². The summed E-state index contributed by atoms with van der Waals surface area (Å²) < 4.78 is 0. The van der Waals surface area contributed by atoms with Gasteiger partial charge in [0.05, 0.1) is 0 Å². The Morgan fingerprint density at radius 3 is 2.53 bits per heavy atom. The molecule has 2 nitrogen and oxygen atoms in total. The van der Waals surface area contributed by atoms with Gasteiger partial charge in [-0.1, -0.05) is 23.7 Å². The third-order valence-corrected chi connectivity index (χ3v) is 3.00. The summed E-state index contributed by atoms with van der Waals surface area (Å²) in [6, 6.07) is 8.61. The lowest BCUT2D eigenvalue weighted by molar-refractivity contribution is 0.201. The Bertz CT molecular complexity index is 312. The molecule has 0 amide bonds. The number of likely N-dealkylation sites (N-methyl/N-ethyl adjacent to an activating group) is 1. The van der Waals surface area contributed by atoms with Crippen molar-refractivity contribution in [2.75, 3.05) is 13.6 Å². The summed E-state index contributed by atoms with van der Waals surface area (Å²) in [7, 11) is 2.09. The second-order valence-electron chi connectivity index (χ2n) is 4.07. The molecule has 0 saturated heterocycles. The Hall–Kier alpha value is -0.570. The summed E-state index contributed by atoms with van der Waals surface area (Å²) in [5.41, 5.74) is 6.99. The lowest BCUT2D eigenvalue weighted by atomic mass is 10.0. The molecule has 2 N–H and O–H groups in total. The van der Waals surface area contributed by atoms with Crippen LogP contribution >= 0.6 is 11.6 Å². The van der Waals surface area contributed by atoms with Crippen LogP contribution in [-0.2, 0) is 0 Å². The molecule has 15 heavy (non-hydrogen) atoms. The molecule has 0 aliphatic heterocycles. The first-order valence-electron chi connectivity index (χ1n) is 5.23. The SMILES string of the molecule is CC(C)N(C)C(CN)c1cccc(Cl)c1. The van der Waals surface area contributed by atoms with Crippen molar-refractivity contribution in [3.63, 3.8) is 0 Å². The Morgan fingerprint density at radius 2 is 2.07 bits per heavy atom. The van der Waals surface area contributed by atoms with Crippen LogP contribution in [-0.4, -0.2) is 24.5 Å². The molecule has 0 bridgehead atoms. The molecule has 0 aliphatic carbocycles. The fourth-order valence-corrected chi connectivity index (χ4v) is 1.81. The smallest absolute Gasteiger partial charge is 0.0470 e. The largest absolute Gasteiger partial charge is 0.329 e. The van der Waals surface area contributed by atoms with E-state index in [0.29, 0.717) is 12.6 Å². The van der Waals surface area contributed by atoms with Gasteiger partial charge in [-0.25, -0.2) is 0 Å². The molecular formula is C12H19ClN2. The van der Waals surface area contributed by atoms with Gasteiger partial charge in [0.25, 0.3) is 0 Å². The van der Waals surface area contributed by atoms with Crippen molar-refractivity contribution in [2.45, 2.75) is 25.9 Å². The second kappa shape index (κ2) is 5.50. The first kappa shape index (κ1) is 12.5. The predicted octanol–water partition coefficient (Wildman–Crippen LogP) is 2.68. The number of nitrogens with two attached hydrogens (primary N) is 1. The fourth-order valence-electron chi connectivity index (χ4n) is 1.61. The quantitative estimate of drug-likeness (QED) is 0.856. The van der Waals surface area contributed by atoms with E-state index >= 15 is 0 Å². The topological polar surface area (TPSA) is 29.3 Å². The van der Waals surface area contributed by atoms with E-state index in [4.69, 9.17) is 17.3 Å². The number of hydrogen-bond donors (Lipinski definition) is 1. The molecular weight excluding hydrogens is 208 g/mol. The van der Waals surface area contributed by atoms with Crippen LogP contribution in [0.15, 0.2) is 24.3 Å². The Labute approximate surface area is 97.0 Å². The highest BCUT2D eigenvalue weighted by molar-refractivity contribution is 6.30. The van der Waals surface area contributed by atoms with E-state index in [9.17, 15) is 0 Å². The number of hydrogen-bond acceptors (Lipinski definition) is 2. The first-order valence-corrected chi connectivity index (χ1v) is 5.61. The van der Waals surface area contributed by atoms with Crippen molar-refractivity contribution in [3.8, 4) is 0 Å². The molecule has 0 fully saturated rings. The van der Waals surface area contributed by atoms with Gasteiger partial charge in [0.2, 0.25) is 0 Å². The molecule has 0 saturated carbocycles. The van der Waals surface area contributed by atoms with Gasteiger partial charge in [0, 0.05) is 23.7 Å². The molecule has 0 heterocycles. The molecule has 84 valence electrons. The van der Waals surface area contributed by atoms with Gasteiger partial charge >= 0.3 is 0 Å². The van der Waals surface area contributed by atoms with Crippen molar-refractivity contribution in [3.05, 3.63) is 34.9 Å². The molecule has 1 unspecified atom stereocenters. The molecule has 1 aromatic rings. The van der Waals surface area contributed by atoms with E-state index in [-0.39, 0.29) is 6.04 Å². The van der Waals surface area contributed by atoms with Crippen LogP contribution in [0.2, 0.25) is 5.02 Å². The van der Waals surface area contributed by atoms with Crippen LogP contribution in [0, 0.1) is 0 Å². The lowest BCUT2D eigenvalue weighted by Crippen LogP contribution is -2.35. The minimum absolute atomic E-state index is 0.240. The van der Waals surface area contributed by atoms with E-state index < -0.39 is 0 Å². The molecule has 3 heteroatoms. The summed E-state index contributed by atoms with van der Waals surface area (Å²) in [4.78, 5) is 2.26. The van der Waals surface area contributed by atoms with Crippen LogP contribution < -0.4 is 5.73 Å². The number of rotatable bonds is 4.